The number of amides is 1. The molecule has 0 saturated heterocycles. The monoisotopic (exact) mass is 376 g/mol. The van der Waals surface area contributed by atoms with E-state index in [1.165, 1.54) is 0 Å². The van der Waals surface area contributed by atoms with Crippen LogP contribution in [0.1, 0.15) is 21.7 Å². The average Bonchev–Trinajstić information content (AvgIpc) is 3.16. The van der Waals surface area contributed by atoms with Crippen molar-refractivity contribution in [2.24, 2.45) is 14.1 Å². The summed E-state index contributed by atoms with van der Waals surface area (Å²) < 4.78 is 4.75. The second-order valence-electron chi connectivity index (χ2n) is 6.83. The molecule has 1 N–H and O–H groups in total. The summed E-state index contributed by atoms with van der Waals surface area (Å²) in [5.41, 5.74) is 4.90. The third-order valence-corrected chi connectivity index (χ3v) is 4.92. The second kappa shape index (κ2) is 6.49. The van der Waals surface area contributed by atoms with Crippen LogP contribution in [0.4, 0.5) is 5.69 Å². The highest BCUT2D eigenvalue weighted by Crippen LogP contribution is 2.19. The zero-order valence-corrected chi connectivity index (χ0v) is 16.1. The highest BCUT2D eigenvalue weighted by atomic mass is 16.2. The van der Waals surface area contributed by atoms with Crippen LogP contribution < -0.4 is 11.0 Å². The molecule has 28 heavy (non-hydrogen) atoms. The van der Waals surface area contributed by atoms with Crippen molar-refractivity contribution in [2.45, 2.75) is 13.8 Å². The molecule has 0 saturated carbocycles. The Kier molecular flexibility index (Phi) is 4.11. The minimum atomic E-state index is -0.351. The van der Waals surface area contributed by atoms with Gasteiger partial charge in [0, 0.05) is 19.8 Å². The number of benzene rings is 2. The molecule has 0 aliphatic heterocycles. The Hall–Kier alpha value is -3.68. The van der Waals surface area contributed by atoms with E-state index in [9.17, 15) is 9.59 Å². The van der Waals surface area contributed by atoms with Crippen LogP contribution in [-0.4, -0.2) is 30.0 Å². The highest BCUT2D eigenvalue weighted by molar-refractivity contribution is 6.04. The van der Waals surface area contributed by atoms with Gasteiger partial charge in [-0.25, -0.2) is 9.48 Å². The molecule has 4 rings (SSSR count). The maximum absolute atomic E-state index is 12.7. The Morgan fingerprint density at radius 1 is 0.964 bits per heavy atom. The number of hydrogen-bond acceptors (Lipinski definition) is 4. The molecule has 8 nitrogen and oxygen atoms in total. The molecular formula is C20H20N6O2. The predicted octanol–water partition coefficient (Wildman–Crippen LogP) is 2.33. The third-order valence-electron chi connectivity index (χ3n) is 4.92. The Morgan fingerprint density at radius 2 is 1.64 bits per heavy atom. The van der Waals surface area contributed by atoms with Crippen LogP contribution in [0, 0.1) is 13.8 Å². The number of hydrogen-bond donors (Lipinski definition) is 1. The van der Waals surface area contributed by atoms with E-state index >= 15 is 0 Å². The number of fused-ring (bicyclic) bond motifs is 1. The number of aromatic nitrogens is 5. The number of nitrogens with zero attached hydrogens (tertiary/aromatic N) is 5. The first-order valence-electron chi connectivity index (χ1n) is 8.83. The van der Waals surface area contributed by atoms with Gasteiger partial charge in [0.05, 0.1) is 22.4 Å². The van der Waals surface area contributed by atoms with Crippen molar-refractivity contribution < 1.29 is 4.79 Å². The van der Waals surface area contributed by atoms with E-state index in [2.05, 4.69) is 15.6 Å². The van der Waals surface area contributed by atoms with Gasteiger partial charge >= 0.3 is 5.69 Å². The Morgan fingerprint density at radius 3 is 2.36 bits per heavy atom. The second-order valence-corrected chi connectivity index (χ2v) is 6.83. The fourth-order valence-electron chi connectivity index (χ4n) is 3.25. The van der Waals surface area contributed by atoms with Gasteiger partial charge < -0.3 is 5.32 Å². The summed E-state index contributed by atoms with van der Waals surface area (Å²) in [6.07, 6.45) is 0. The number of carbonyl (C=O) groups excluding carboxylic acids is 1. The van der Waals surface area contributed by atoms with Gasteiger partial charge in [-0.2, -0.15) is 0 Å². The van der Waals surface area contributed by atoms with Crippen molar-refractivity contribution in [3.8, 4) is 5.69 Å². The first-order chi connectivity index (χ1) is 13.4. The zero-order valence-electron chi connectivity index (χ0n) is 16.1. The van der Waals surface area contributed by atoms with Gasteiger partial charge in [-0.3, -0.25) is 13.9 Å². The normalized spacial score (nSPS) is 11.1. The van der Waals surface area contributed by atoms with Crippen LogP contribution in [0.25, 0.3) is 16.7 Å². The van der Waals surface area contributed by atoms with Crippen LogP contribution >= 0.6 is 0 Å². The Balaban J connectivity index is 1.64. The van der Waals surface area contributed by atoms with E-state index in [1.54, 1.807) is 47.0 Å². The summed E-state index contributed by atoms with van der Waals surface area (Å²) >= 11 is 0. The molecule has 8 heteroatoms. The summed E-state index contributed by atoms with van der Waals surface area (Å²) in [5, 5.41) is 11.0. The van der Waals surface area contributed by atoms with Gasteiger partial charge in [0.2, 0.25) is 0 Å². The molecule has 0 bridgehead atoms. The van der Waals surface area contributed by atoms with Crippen molar-refractivity contribution in [3.05, 3.63) is 69.9 Å². The van der Waals surface area contributed by atoms with Crippen molar-refractivity contribution in [2.75, 3.05) is 5.32 Å². The molecule has 0 aliphatic rings. The quantitative estimate of drug-likeness (QED) is 0.594. The van der Waals surface area contributed by atoms with Gasteiger partial charge in [-0.15, -0.1) is 5.10 Å². The molecule has 2 heterocycles. The fraction of sp³-hybridized carbons (Fsp3) is 0.200. The van der Waals surface area contributed by atoms with Crippen LogP contribution in [0.3, 0.4) is 0 Å². The number of carbonyl (C=O) groups is 1. The lowest BCUT2D eigenvalue weighted by Crippen LogP contribution is -2.19. The molecule has 0 unspecified atom stereocenters. The lowest BCUT2D eigenvalue weighted by atomic mass is 10.2. The van der Waals surface area contributed by atoms with E-state index in [1.807, 2.05) is 37.3 Å². The molecule has 142 valence electrons. The first kappa shape index (κ1) is 17.7. The third kappa shape index (κ3) is 2.79. The highest BCUT2D eigenvalue weighted by Gasteiger charge is 2.18. The molecule has 1 amide bonds. The van der Waals surface area contributed by atoms with Crippen LogP contribution in [0.15, 0.2) is 47.3 Å². The van der Waals surface area contributed by atoms with Crippen LogP contribution in [-0.2, 0) is 14.1 Å². The van der Waals surface area contributed by atoms with E-state index in [-0.39, 0.29) is 17.3 Å². The standard InChI is InChI=1S/C20H20N6O2/c1-12-5-8-15(9-6-12)26-13(2)18(22-23-26)19(27)21-14-7-10-16-17(11-14)25(4)20(28)24(16)3/h5-11H,1-4H3,(H,21,27). The van der Waals surface area contributed by atoms with E-state index < -0.39 is 0 Å². The maximum atomic E-state index is 12.7. The maximum Gasteiger partial charge on any atom is 0.328 e. The first-order valence-corrected chi connectivity index (χ1v) is 8.83. The zero-order chi connectivity index (χ0) is 20.0. The van der Waals surface area contributed by atoms with Gasteiger partial charge in [0.25, 0.3) is 5.91 Å². The summed E-state index contributed by atoms with van der Waals surface area (Å²) in [6, 6.07) is 13.2. The minimum Gasteiger partial charge on any atom is -0.320 e. The summed E-state index contributed by atoms with van der Waals surface area (Å²) in [5.74, 6) is -0.351. The van der Waals surface area contributed by atoms with E-state index in [0.29, 0.717) is 11.4 Å². The van der Waals surface area contributed by atoms with Gasteiger partial charge in [0.1, 0.15) is 0 Å². The molecule has 2 aromatic carbocycles. The lowest BCUT2D eigenvalue weighted by Gasteiger charge is -2.06. The number of anilines is 1. The van der Waals surface area contributed by atoms with Gasteiger partial charge in [-0.1, -0.05) is 22.9 Å². The van der Waals surface area contributed by atoms with E-state index in [4.69, 9.17) is 0 Å². The van der Waals surface area contributed by atoms with Gasteiger partial charge in [-0.05, 0) is 44.2 Å². The minimum absolute atomic E-state index is 0.115. The molecule has 0 aliphatic carbocycles. The van der Waals surface area contributed by atoms with Crippen molar-refractivity contribution in [1.29, 1.82) is 0 Å². The molecular weight excluding hydrogens is 356 g/mol. The SMILES string of the molecule is Cc1ccc(-n2nnc(C(=O)Nc3ccc4c(c3)n(C)c(=O)n4C)c2C)cc1. The topological polar surface area (TPSA) is 86.7 Å². The van der Waals surface area contributed by atoms with Crippen LogP contribution in [0.5, 0.6) is 0 Å². The molecule has 0 radical (unpaired) electrons. The number of imidazole rings is 1. The molecule has 0 atom stereocenters. The molecule has 0 fully saturated rings. The fourth-order valence-corrected chi connectivity index (χ4v) is 3.25. The van der Waals surface area contributed by atoms with Crippen molar-refractivity contribution in [1.82, 2.24) is 24.1 Å². The molecule has 2 aromatic heterocycles. The van der Waals surface area contributed by atoms with E-state index in [0.717, 1.165) is 22.3 Å². The number of rotatable bonds is 3. The Labute approximate surface area is 161 Å². The average molecular weight is 376 g/mol. The van der Waals surface area contributed by atoms with Crippen molar-refractivity contribution in [3.63, 3.8) is 0 Å². The summed E-state index contributed by atoms with van der Waals surface area (Å²) in [6.45, 7) is 3.81. The van der Waals surface area contributed by atoms with Gasteiger partial charge in [0.15, 0.2) is 5.69 Å². The molecule has 4 aromatic rings. The number of nitrogens with one attached hydrogen (secondary N) is 1. The van der Waals surface area contributed by atoms with Crippen molar-refractivity contribution >= 4 is 22.6 Å². The summed E-state index contributed by atoms with van der Waals surface area (Å²) in [4.78, 5) is 24.8. The number of aryl methyl sites for hydroxylation is 3. The molecule has 0 spiro atoms. The summed E-state index contributed by atoms with van der Waals surface area (Å²) in [7, 11) is 3.42. The smallest absolute Gasteiger partial charge is 0.320 e. The predicted molar refractivity (Wildman–Crippen MR) is 107 cm³/mol. The Bertz CT molecular complexity index is 1260. The lowest BCUT2D eigenvalue weighted by molar-refractivity contribution is 0.102. The largest absolute Gasteiger partial charge is 0.328 e. The van der Waals surface area contributed by atoms with Crippen LogP contribution in [0.2, 0.25) is 0 Å².